The topological polar surface area (TPSA) is 47.6 Å². The first-order chi connectivity index (χ1) is 12.3. The molecule has 2 aromatic carbocycles. The molecule has 3 rings (SSSR count). The predicted octanol–water partition coefficient (Wildman–Crippen LogP) is 4.49. The van der Waals surface area contributed by atoms with Gasteiger partial charge in [-0.2, -0.15) is 13.2 Å². The minimum atomic E-state index is -4.54. The molecule has 1 heterocycles. The first-order valence-corrected chi connectivity index (χ1v) is 8.64. The summed E-state index contributed by atoms with van der Waals surface area (Å²) >= 11 is 3.37. The van der Waals surface area contributed by atoms with Crippen LogP contribution in [-0.2, 0) is 11.0 Å². The monoisotopic (exact) mass is 429 g/mol. The summed E-state index contributed by atoms with van der Waals surface area (Å²) in [4.78, 5) is 12.2. The molecule has 0 fully saturated rings. The predicted molar refractivity (Wildman–Crippen MR) is 92.1 cm³/mol. The second-order valence-electron chi connectivity index (χ2n) is 5.72. The van der Waals surface area contributed by atoms with Crippen molar-refractivity contribution in [2.24, 2.45) is 0 Å². The Morgan fingerprint density at radius 2 is 2.04 bits per heavy atom. The van der Waals surface area contributed by atoms with Crippen molar-refractivity contribution >= 4 is 21.8 Å². The van der Waals surface area contributed by atoms with E-state index in [9.17, 15) is 18.0 Å². The fourth-order valence-electron chi connectivity index (χ4n) is 2.72. The summed E-state index contributed by atoms with van der Waals surface area (Å²) in [7, 11) is 0. The largest absolute Gasteiger partial charge is 0.493 e. The van der Waals surface area contributed by atoms with Crippen LogP contribution < -0.4 is 14.8 Å². The Morgan fingerprint density at radius 3 is 2.81 bits per heavy atom. The average molecular weight is 430 g/mol. The zero-order chi connectivity index (χ0) is 18.7. The Bertz CT molecular complexity index is 811. The van der Waals surface area contributed by atoms with Crippen LogP contribution >= 0.6 is 15.9 Å². The number of rotatable bonds is 4. The van der Waals surface area contributed by atoms with Gasteiger partial charge in [-0.3, -0.25) is 4.79 Å². The van der Waals surface area contributed by atoms with E-state index in [4.69, 9.17) is 9.47 Å². The number of nitrogens with one attached hydrogen (secondary N) is 1. The minimum Gasteiger partial charge on any atom is -0.493 e. The van der Waals surface area contributed by atoms with Crippen molar-refractivity contribution in [2.45, 2.75) is 18.6 Å². The number of amides is 1. The highest BCUT2D eigenvalue weighted by molar-refractivity contribution is 9.10. The number of ether oxygens (including phenoxy) is 2. The van der Waals surface area contributed by atoms with Crippen LogP contribution in [0.1, 0.15) is 23.6 Å². The lowest BCUT2D eigenvalue weighted by Crippen LogP contribution is -2.35. The van der Waals surface area contributed by atoms with Crippen LogP contribution in [0.3, 0.4) is 0 Å². The van der Waals surface area contributed by atoms with Crippen molar-refractivity contribution in [3.8, 4) is 11.5 Å². The van der Waals surface area contributed by atoms with Gasteiger partial charge in [0.15, 0.2) is 6.61 Å². The normalized spacial score (nSPS) is 16.4. The lowest BCUT2D eigenvalue weighted by atomic mass is 10.0. The summed E-state index contributed by atoms with van der Waals surface area (Å²) < 4.78 is 50.3. The number of hydrogen-bond acceptors (Lipinski definition) is 3. The number of halogens is 4. The van der Waals surface area contributed by atoms with Crippen molar-refractivity contribution < 1.29 is 27.4 Å². The number of carbonyl (C=O) groups is 1. The lowest BCUT2D eigenvalue weighted by molar-refractivity contribution is -0.139. The number of carbonyl (C=O) groups excluding carboxylic acids is 1. The Hall–Kier alpha value is -2.22. The Balaban J connectivity index is 1.66. The van der Waals surface area contributed by atoms with Crippen molar-refractivity contribution in [3.05, 3.63) is 58.1 Å². The highest BCUT2D eigenvalue weighted by Gasteiger charge is 2.34. The summed E-state index contributed by atoms with van der Waals surface area (Å²) in [5.41, 5.74) is -0.0946. The molecule has 0 aliphatic carbocycles. The van der Waals surface area contributed by atoms with Gasteiger partial charge in [0.2, 0.25) is 0 Å². The van der Waals surface area contributed by atoms with E-state index in [0.29, 0.717) is 18.8 Å². The second kappa shape index (κ2) is 7.57. The minimum absolute atomic E-state index is 0.287. The standard InChI is InChI=1S/C18H15BrF3NO3/c19-11-5-6-15-12(9-11)14(7-8-25-15)23-17(24)10-26-16-4-2-1-3-13(16)18(20,21)22/h1-6,9,14H,7-8,10H2,(H,23,24). The Labute approximate surface area is 156 Å². The summed E-state index contributed by atoms with van der Waals surface area (Å²) in [6, 6.07) is 10.00. The highest BCUT2D eigenvalue weighted by Crippen LogP contribution is 2.36. The maximum atomic E-state index is 12.9. The van der Waals surface area contributed by atoms with E-state index in [0.717, 1.165) is 16.1 Å². The SMILES string of the molecule is O=C(COc1ccccc1C(F)(F)F)NC1CCOc2ccc(Br)cc21. The van der Waals surface area contributed by atoms with Crippen LogP contribution in [0.5, 0.6) is 11.5 Å². The molecule has 1 amide bonds. The molecule has 0 bridgehead atoms. The average Bonchev–Trinajstić information content (AvgIpc) is 2.60. The van der Waals surface area contributed by atoms with Crippen LogP contribution in [0.25, 0.3) is 0 Å². The van der Waals surface area contributed by atoms with Crippen LogP contribution in [0.15, 0.2) is 46.9 Å². The maximum absolute atomic E-state index is 12.9. The summed E-state index contributed by atoms with van der Waals surface area (Å²) in [5, 5.41) is 2.78. The maximum Gasteiger partial charge on any atom is 0.419 e. The molecule has 0 spiro atoms. The second-order valence-corrected chi connectivity index (χ2v) is 6.64. The first kappa shape index (κ1) is 18.6. The lowest BCUT2D eigenvalue weighted by Gasteiger charge is -2.27. The van der Waals surface area contributed by atoms with Crippen LogP contribution in [0, 0.1) is 0 Å². The van der Waals surface area contributed by atoms with Gasteiger partial charge in [0.05, 0.1) is 18.2 Å². The van der Waals surface area contributed by atoms with E-state index in [2.05, 4.69) is 21.2 Å². The van der Waals surface area contributed by atoms with Gasteiger partial charge < -0.3 is 14.8 Å². The molecule has 0 saturated heterocycles. The van der Waals surface area contributed by atoms with Crippen molar-refractivity contribution in [2.75, 3.05) is 13.2 Å². The zero-order valence-electron chi connectivity index (χ0n) is 13.5. The van der Waals surface area contributed by atoms with Gasteiger partial charge in [-0.1, -0.05) is 28.1 Å². The number of benzene rings is 2. The molecule has 0 aromatic heterocycles. The van der Waals surface area contributed by atoms with Gasteiger partial charge in [-0.15, -0.1) is 0 Å². The summed E-state index contributed by atoms with van der Waals surface area (Å²) in [6.07, 6.45) is -3.98. The van der Waals surface area contributed by atoms with E-state index >= 15 is 0 Å². The molecule has 0 saturated carbocycles. The highest BCUT2D eigenvalue weighted by atomic mass is 79.9. The molecule has 4 nitrogen and oxygen atoms in total. The van der Waals surface area contributed by atoms with Gasteiger partial charge in [0.1, 0.15) is 11.5 Å². The van der Waals surface area contributed by atoms with Gasteiger partial charge >= 0.3 is 6.18 Å². The van der Waals surface area contributed by atoms with Crippen LogP contribution in [0.4, 0.5) is 13.2 Å². The van der Waals surface area contributed by atoms with Crippen molar-refractivity contribution in [3.63, 3.8) is 0 Å². The van der Waals surface area contributed by atoms with Crippen molar-refractivity contribution in [1.29, 1.82) is 0 Å². The molecule has 8 heteroatoms. The quantitative estimate of drug-likeness (QED) is 0.778. The van der Waals surface area contributed by atoms with Gasteiger partial charge in [0, 0.05) is 16.5 Å². The molecule has 2 aromatic rings. The van der Waals surface area contributed by atoms with E-state index in [1.54, 1.807) is 6.07 Å². The number of para-hydroxylation sites is 1. The Kier molecular flexibility index (Phi) is 5.41. The smallest absolute Gasteiger partial charge is 0.419 e. The summed E-state index contributed by atoms with van der Waals surface area (Å²) in [6.45, 7) is -0.0644. The molecule has 1 N–H and O–H groups in total. The molecule has 1 aliphatic rings. The third-order valence-electron chi connectivity index (χ3n) is 3.90. The Morgan fingerprint density at radius 1 is 1.27 bits per heavy atom. The fourth-order valence-corrected chi connectivity index (χ4v) is 3.10. The molecule has 1 unspecified atom stereocenters. The third kappa shape index (κ3) is 4.30. The molecule has 138 valence electrons. The number of alkyl halides is 3. The molecular formula is C18H15BrF3NO3. The van der Waals surface area contributed by atoms with Crippen LogP contribution in [-0.4, -0.2) is 19.1 Å². The molecule has 26 heavy (non-hydrogen) atoms. The van der Waals surface area contributed by atoms with Gasteiger partial charge in [0.25, 0.3) is 5.91 Å². The number of fused-ring (bicyclic) bond motifs is 1. The third-order valence-corrected chi connectivity index (χ3v) is 4.39. The van der Waals surface area contributed by atoms with E-state index in [1.165, 1.54) is 18.2 Å². The molecule has 1 aliphatic heterocycles. The van der Waals surface area contributed by atoms with Gasteiger partial charge in [-0.25, -0.2) is 0 Å². The van der Waals surface area contributed by atoms with E-state index in [-0.39, 0.29) is 11.8 Å². The molecular weight excluding hydrogens is 415 g/mol. The van der Waals surface area contributed by atoms with E-state index in [1.807, 2.05) is 12.1 Å². The van der Waals surface area contributed by atoms with Gasteiger partial charge in [-0.05, 0) is 30.3 Å². The van der Waals surface area contributed by atoms with E-state index < -0.39 is 24.3 Å². The molecule has 0 radical (unpaired) electrons. The summed E-state index contributed by atoms with van der Waals surface area (Å²) in [5.74, 6) is -0.196. The zero-order valence-corrected chi connectivity index (χ0v) is 15.1. The van der Waals surface area contributed by atoms with Crippen molar-refractivity contribution in [1.82, 2.24) is 5.32 Å². The molecule has 1 atom stereocenters. The first-order valence-electron chi connectivity index (χ1n) is 7.85. The fraction of sp³-hybridized carbons (Fsp3) is 0.278. The van der Waals surface area contributed by atoms with Crippen LogP contribution in [0.2, 0.25) is 0 Å². The number of hydrogen-bond donors (Lipinski definition) is 1.